The molecule has 2 rings (SSSR count). The van der Waals surface area contributed by atoms with Gasteiger partial charge in [0.15, 0.2) is 5.58 Å². The van der Waals surface area contributed by atoms with Crippen molar-refractivity contribution >= 4 is 11.0 Å². The molecule has 0 saturated carbocycles. The predicted molar refractivity (Wildman–Crippen MR) is 56.0 cm³/mol. The van der Waals surface area contributed by atoms with Crippen molar-refractivity contribution in [2.75, 3.05) is 6.61 Å². The quantitative estimate of drug-likeness (QED) is 0.840. The van der Waals surface area contributed by atoms with Crippen molar-refractivity contribution < 1.29 is 14.4 Å². The Morgan fingerprint density at radius 3 is 3.00 bits per heavy atom. The van der Waals surface area contributed by atoms with E-state index < -0.39 is 0 Å². The maximum atomic E-state index is 9.47. The summed E-state index contributed by atoms with van der Waals surface area (Å²) in [5, 5.41) is 13.5. The Morgan fingerprint density at radius 2 is 2.27 bits per heavy atom. The summed E-state index contributed by atoms with van der Waals surface area (Å²) >= 11 is 0. The molecule has 1 aromatic heterocycles. The molecule has 15 heavy (non-hydrogen) atoms. The highest BCUT2D eigenvalue weighted by Gasteiger charge is 2.12. The van der Waals surface area contributed by atoms with Crippen molar-refractivity contribution in [2.45, 2.75) is 13.8 Å². The third-order valence-corrected chi connectivity index (χ3v) is 2.01. The maximum absolute atomic E-state index is 9.47. The third-order valence-electron chi connectivity index (χ3n) is 2.01. The molecular weight excluding hydrogens is 194 g/mol. The number of hydrogen-bond acceptors (Lipinski definition) is 4. The topological polar surface area (TPSA) is 55.5 Å². The highest BCUT2D eigenvalue weighted by molar-refractivity contribution is 5.88. The molecule has 80 valence electrons. The van der Waals surface area contributed by atoms with Crippen LogP contribution in [-0.2, 0) is 0 Å². The summed E-state index contributed by atoms with van der Waals surface area (Å²) in [6.45, 7) is 4.73. The molecule has 1 aromatic carbocycles. The number of fused-ring (bicyclic) bond motifs is 1. The molecule has 1 heterocycles. The van der Waals surface area contributed by atoms with Gasteiger partial charge in [0.05, 0.1) is 6.61 Å². The first kappa shape index (κ1) is 9.83. The van der Waals surface area contributed by atoms with Crippen LogP contribution in [0.25, 0.3) is 11.0 Å². The zero-order chi connectivity index (χ0) is 10.8. The van der Waals surface area contributed by atoms with Crippen molar-refractivity contribution in [2.24, 2.45) is 5.92 Å². The molecule has 1 N–H and O–H groups in total. The average Bonchev–Trinajstić information content (AvgIpc) is 2.58. The second kappa shape index (κ2) is 3.81. The lowest BCUT2D eigenvalue weighted by Crippen LogP contribution is -2.04. The maximum Gasteiger partial charge on any atom is 0.263 e. The van der Waals surface area contributed by atoms with Crippen LogP contribution >= 0.6 is 0 Å². The second-order valence-electron chi connectivity index (χ2n) is 3.84. The molecule has 0 spiro atoms. The van der Waals surface area contributed by atoms with E-state index in [1.807, 2.05) is 6.07 Å². The van der Waals surface area contributed by atoms with E-state index in [4.69, 9.17) is 9.26 Å². The van der Waals surface area contributed by atoms with Gasteiger partial charge in [-0.15, -0.1) is 0 Å². The molecule has 0 unspecified atom stereocenters. The first-order valence-corrected chi connectivity index (χ1v) is 4.88. The van der Waals surface area contributed by atoms with Gasteiger partial charge in [0.25, 0.3) is 5.88 Å². The Morgan fingerprint density at radius 1 is 1.47 bits per heavy atom. The minimum absolute atomic E-state index is 0.121. The van der Waals surface area contributed by atoms with Crippen LogP contribution in [0.3, 0.4) is 0 Å². The first-order chi connectivity index (χ1) is 7.18. The minimum atomic E-state index is -0.121. The molecule has 0 amide bonds. The normalized spacial score (nSPS) is 11.1. The van der Waals surface area contributed by atoms with E-state index in [1.54, 1.807) is 12.1 Å². The number of benzene rings is 1. The zero-order valence-corrected chi connectivity index (χ0v) is 8.73. The van der Waals surface area contributed by atoms with Crippen LogP contribution in [0.1, 0.15) is 13.8 Å². The Hall–Kier alpha value is -1.71. The fourth-order valence-corrected chi connectivity index (χ4v) is 1.32. The van der Waals surface area contributed by atoms with E-state index in [0.717, 1.165) is 0 Å². The number of hydrogen-bond donors (Lipinski definition) is 1. The molecule has 2 aromatic rings. The fourth-order valence-electron chi connectivity index (χ4n) is 1.32. The number of aromatic nitrogens is 1. The van der Waals surface area contributed by atoms with Crippen LogP contribution in [0.4, 0.5) is 0 Å². The van der Waals surface area contributed by atoms with Gasteiger partial charge in [-0.05, 0) is 23.2 Å². The Bertz CT molecular complexity index is 462. The number of aromatic hydroxyl groups is 1. The summed E-state index contributed by atoms with van der Waals surface area (Å²) in [5.74, 6) is 0.923. The zero-order valence-electron chi connectivity index (χ0n) is 8.73. The molecule has 0 atom stereocenters. The largest absolute Gasteiger partial charge is 0.492 e. The summed E-state index contributed by atoms with van der Waals surface area (Å²) in [4.78, 5) is 0. The van der Waals surface area contributed by atoms with Gasteiger partial charge in [-0.2, -0.15) is 0 Å². The van der Waals surface area contributed by atoms with Gasteiger partial charge < -0.3 is 14.4 Å². The van der Waals surface area contributed by atoms with E-state index in [-0.39, 0.29) is 5.88 Å². The summed E-state index contributed by atoms with van der Waals surface area (Å²) in [6.07, 6.45) is 0. The first-order valence-electron chi connectivity index (χ1n) is 4.88. The smallest absolute Gasteiger partial charge is 0.263 e. The molecule has 4 nitrogen and oxygen atoms in total. The Balaban J connectivity index is 2.37. The summed E-state index contributed by atoms with van der Waals surface area (Å²) in [5.41, 5.74) is 0.536. The van der Waals surface area contributed by atoms with Crippen molar-refractivity contribution in [1.82, 2.24) is 5.16 Å². The van der Waals surface area contributed by atoms with Crippen LogP contribution in [0.2, 0.25) is 0 Å². The van der Waals surface area contributed by atoms with Crippen molar-refractivity contribution in [3.05, 3.63) is 18.2 Å². The third kappa shape index (κ3) is 1.88. The van der Waals surface area contributed by atoms with E-state index in [0.29, 0.717) is 29.2 Å². The lowest BCUT2D eigenvalue weighted by atomic mass is 10.2. The number of nitrogens with zero attached hydrogens (tertiary/aromatic N) is 1. The molecule has 0 bridgehead atoms. The summed E-state index contributed by atoms with van der Waals surface area (Å²) < 4.78 is 10.5. The second-order valence-corrected chi connectivity index (χ2v) is 3.84. The highest BCUT2D eigenvalue weighted by Crippen LogP contribution is 2.32. The van der Waals surface area contributed by atoms with E-state index in [1.165, 1.54) is 0 Å². The van der Waals surface area contributed by atoms with Gasteiger partial charge >= 0.3 is 0 Å². The van der Waals surface area contributed by atoms with Gasteiger partial charge in [0, 0.05) is 0 Å². The van der Waals surface area contributed by atoms with E-state index >= 15 is 0 Å². The molecule has 0 saturated heterocycles. The van der Waals surface area contributed by atoms with Crippen molar-refractivity contribution in [3.63, 3.8) is 0 Å². The molecule has 4 heteroatoms. The molecule has 0 aliphatic heterocycles. The Labute approximate surface area is 87.4 Å². The van der Waals surface area contributed by atoms with Gasteiger partial charge in [-0.1, -0.05) is 19.9 Å². The van der Waals surface area contributed by atoms with Gasteiger partial charge in [0.1, 0.15) is 11.1 Å². The van der Waals surface area contributed by atoms with E-state index in [9.17, 15) is 5.11 Å². The monoisotopic (exact) mass is 207 g/mol. The minimum Gasteiger partial charge on any atom is -0.492 e. The average molecular weight is 207 g/mol. The molecule has 0 aliphatic carbocycles. The number of ether oxygens (including phenoxy) is 1. The highest BCUT2D eigenvalue weighted by atomic mass is 16.5. The van der Waals surface area contributed by atoms with Crippen LogP contribution in [0.5, 0.6) is 11.6 Å². The fraction of sp³-hybridized carbons (Fsp3) is 0.364. The van der Waals surface area contributed by atoms with Gasteiger partial charge in [0.2, 0.25) is 0 Å². The SMILES string of the molecule is CC(C)COc1cccc2onc(O)c12. The molecular formula is C11H13NO3. The summed E-state index contributed by atoms with van der Waals surface area (Å²) in [7, 11) is 0. The van der Waals surface area contributed by atoms with Crippen molar-refractivity contribution in [3.8, 4) is 11.6 Å². The van der Waals surface area contributed by atoms with Crippen molar-refractivity contribution in [1.29, 1.82) is 0 Å². The standard InChI is InChI=1S/C11H13NO3/c1-7(2)6-14-8-4-3-5-9-10(8)11(13)12-15-9/h3-5,7H,6H2,1-2H3,(H,12,13). The van der Waals surface area contributed by atoms with Crippen LogP contribution < -0.4 is 4.74 Å². The van der Waals surface area contributed by atoms with Crippen LogP contribution in [0, 0.1) is 5.92 Å². The summed E-state index contributed by atoms with van der Waals surface area (Å²) in [6, 6.07) is 5.34. The molecule has 0 radical (unpaired) electrons. The molecule has 0 aliphatic rings. The molecule has 0 fully saturated rings. The predicted octanol–water partition coefficient (Wildman–Crippen LogP) is 2.57. The Kier molecular flexibility index (Phi) is 2.49. The lowest BCUT2D eigenvalue weighted by Gasteiger charge is -2.08. The van der Waals surface area contributed by atoms with Crippen LogP contribution in [-0.4, -0.2) is 16.9 Å². The van der Waals surface area contributed by atoms with Gasteiger partial charge in [-0.25, -0.2) is 0 Å². The number of rotatable bonds is 3. The van der Waals surface area contributed by atoms with E-state index in [2.05, 4.69) is 19.0 Å². The lowest BCUT2D eigenvalue weighted by molar-refractivity contribution is 0.273. The van der Waals surface area contributed by atoms with Crippen LogP contribution in [0.15, 0.2) is 22.7 Å². The van der Waals surface area contributed by atoms with Gasteiger partial charge in [-0.3, -0.25) is 0 Å².